The lowest BCUT2D eigenvalue weighted by Gasteiger charge is -2.20. The average molecular weight is 247 g/mol. The molecule has 3 nitrogen and oxygen atoms in total. The molecule has 0 spiro atoms. The molecule has 1 N–H and O–H groups in total. The molecule has 0 heterocycles. The van der Waals surface area contributed by atoms with Gasteiger partial charge < -0.3 is 10.1 Å². The van der Waals surface area contributed by atoms with Crippen molar-refractivity contribution >= 4 is 5.91 Å². The Labute approximate surface area is 109 Å². The molecule has 18 heavy (non-hydrogen) atoms. The van der Waals surface area contributed by atoms with Crippen molar-refractivity contribution in [3.05, 3.63) is 29.8 Å². The van der Waals surface area contributed by atoms with Crippen LogP contribution in [0.4, 0.5) is 0 Å². The number of carbonyl (C=O) groups excluding carboxylic acids is 1. The summed E-state index contributed by atoms with van der Waals surface area (Å²) in [6.45, 7) is 6.03. The van der Waals surface area contributed by atoms with Gasteiger partial charge in [-0.05, 0) is 50.8 Å². The summed E-state index contributed by atoms with van der Waals surface area (Å²) in [4.78, 5) is 12.0. The Bertz CT molecular complexity index is 431. The number of nitrogens with one attached hydrogen (secondary N) is 1. The van der Waals surface area contributed by atoms with Gasteiger partial charge in [-0.3, -0.25) is 4.79 Å². The van der Waals surface area contributed by atoms with Gasteiger partial charge in [0.15, 0.2) is 0 Å². The monoisotopic (exact) mass is 247 g/mol. The molecule has 1 fully saturated rings. The highest BCUT2D eigenvalue weighted by atomic mass is 16.5. The zero-order valence-corrected chi connectivity index (χ0v) is 11.5. The van der Waals surface area contributed by atoms with E-state index in [0.29, 0.717) is 5.92 Å². The number of benzene rings is 1. The van der Waals surface area contributed by atoms with Gasteiger partial charge in [0.1, 0.15) is 5.75 Å². The van der Waals surface area contributed by atoms with Gasteiger partial charge >= 0.3 is 0 Å². The quantitative estimate of drug-likeness (QED) is 0.892. The highest BCUT2D eigenvalue weighted by molar-refractivity contribution is 5.83. The van der Waals surface area contributed by atoms with Crippen LogP contribution in [0.15, 0.2) is 24.3 Å². The highest BCUT2D eigenvalue weighted by Gasteiger charge is 2.44. The van der Waals surface area contributed by atoms with E-state index in [-0.39, 0.29) is 17.4 Å². The predicted octanol–water partition coefficient (Wildman–Crippen LogP) is 2.71. The van der Waals surface area contributed by atoms with Crippen LogP contribution in [0.1, 0.15) is 38.7 Å². The second kappa shape index (κ2) is 4.63. The predicted molar refractivity (Wildman–Crippen MR) is 71.7 cm³/mol. The maximum absolute atomic E-state index is 12.0. The minimum Gasteiger partial charge on any atom is -0.497 e. The second-order valence-electron chi connectivity index (χ2n) is 5.96. The van der Waals surface area contributed by atoms with E-state index in [9.17, 15) is 4.79 Å². The lowest BCUT2D eigenvalue weighted by Crippen LogP contribution is -2.41. The van der Waals surface area contributed by atoms with Crippen LogP contribution in [0.2, 0.25) is 0 Å². The van der Waals surface area contributed by atoms with Gasteiger partial charge in [0.25, 0.3) is 0 Å². The second-order valence-corrected chi connectivity index (χ2v) is 5.96. The van der Waals surface area contributed by atoms with Crippen molar-refractivity contribution in [3.8, 4) is 5.75 Å². The third-order valence-electron chi connectivity index (χ3n) is 3.17. The molecule has 0 saturated heterocycles. The highest BCUT2D eigenvalue weighted by Crippen LogP contribution is 2.47. The van der Waals surface area contributed by atoms with Crippen molar-refractivity contribution in [2.45, 2.75) is 38.6 Å². The van der Waals surface area contributed by atoms with Gasteiger partial charge in [0, 0.05) is 11.5 Å². The Morgan fingerprint density at radius 2 is 1.89 bits per heavy atom. The van der Waals surface area contributed by atoms with E-state index in [2.05, 4.69) is 5.32 Å². The fourth-order valence-electron chi connectivity index (χ4n) is 2.17. The number of carbonyl (C=O) groups is 1. The standard InChI is InChI=1S/C15H21NO2/c1-15(2,3)16-14(17)13-9-12(13)10-5-7-11(18-4)8-6-10/h5-8,12-13H,9H2,1-4H3,(H,16,17). The summed E-state index contributed by atoms with van der Waals surface area (Å²) < 4.78 is 5.13. The molecular formula is C15H21NO2. The van der Waals surface area contributed by atoms with Crippen molar-refractivity contribution in [3.63, 3.8) is 0 Å². The molecule has 1 amide bonds. The Morgan fingerprint density at radius 1 is 1.28 bits per heavy atom. The van der Waals surface area contributed by atoms with Crippen LogP contribution in [0.5, 0.6) is 5.75 Å². The molecule has 3 heteroatoms. The van der Waals surface area contributed by atoms with Crippen LogP contribution >= 0.6 is 0 Å². The van der Waals surface area contributed by atoms with Gasteiger partial charge in [-0.2, -0.15) is 0 Å². The number of methoxy groups -OCH3 is 1. The maximum Gasteiger partial charge on any atom is 0.224 e. The zero-order valence-electron chi connectivity index (χ0n) is 11.5. The van der Waals surface area contributed by atoms with Gasteiger partial charge in [-0.25, -0.2) is 0 Å². The van der Waals surface area contributed by atoms with E-state index in [0.717, 1.165) is 12.2 Å². The molecule has 1 aromatic carbocycles. The van der Waals surface area contributed by atoms with E-state index >= 15 is 0 Å². The van der Waals surface area contributed by atoms with E-state index in [1.807, 2.05) is 45.0 Å². The smallest absolute Gasteiger partial charge is 0.224 e. The summed E-state index contributed by atoms with van der Waals surface area (Å²) in [5.74, 6) is 1.54. The van der Waals surface area contributed by atoms with Gasteiger partial charge in [-0.1, -0.05) is 12.1 Å². The number of rotatable bonds is 3. The first kappa shape index (κ1) is 12.9. The number of hydrogen-bond acceptors (Lipinski definition) is 2. The fourth-order valence-corrected chi connectivity index (χ4v) is 2.17. The first-order valence-electron chi connectivity index (χ1n) is 6.37. The molecule has 0 aromatic heterocycles. The number of hydrogen-bond donors (Lipinski definition) is 1. The molecule has 2 atom stereocenters. The molecule has 1 aliphatic rings. The van der Waals surface area contributed by atoms with Gasteiger partial charge in [0.2, 0.25) is 5.91 Å². The first-order chi connectivity index (χ1) is 8.40. The maximum atomic E-state index is 12.0. The Morgan fingerprint density at radius 3 is 2.39 bits per heavy atom. The summed E-state index contributed by atoms with van der Waals surface area (Å²) in [6, 6.07) is 8.00. The number of amides is 1. The van der Waals surface area contributed by atoms with Crippen molar-refractivity contribution in [1.29, 1.82) is 0 Å². The molecule has 0 bridgehead atoms. The van der Waals surface area contributed by atoms with Crippen LogP contribution in [-0.2, 0) is 4.79 Å². The van der Waals surface area contributed by atoms with Crippen LogP contribution in [0.25, 0.3) is 0 Å². The lowest BCUT2D eigenvalue weighted by atomic mass is 10.1. The van der Waals surface area contributed by atoms with E-state index < -0.39 is 0 Å². The molecule has 1 aliphatic carbocycles. The fraction of sp³-hybridized carbons (Fsp3) is 0.533. The molecule has 0 radical (unpaired) electrons. The summed E-state index contributed by atoms with van der Waals surface area (Å²) in [5, 5.41) is 3.04. The SMILES string of the molecule is COc1ccc(C2CC2C(=O)NC(C)(C)C)cc1. The Balaban J connectivity index is 1.96. The molecule has 0 aliphatic heterocycles. The van der Waals surface area contributed by atoms with Crippen LogP contribution in [0.3, 0.4) is 0 Å². The summed E-state index contributed by atoms with van der Waals surface area (Å²) in [6.07, 6.45) is 0.953. The average Bonchev–Trinajstić information content (AvgIpc) is 3.07. The molecular weight excluding hydrogens is 226 g/mol. The summed E-state index contributed by atoms with van der Waals surface area (Å²) >= 11 is 0. The minimum absolute atomic E-state index is 0.137. The lowest BCUT2D eigenvalue weighted by molar-refractivity contribution is -0.123. The third-order valence-corrected chi connectivity index (χ3v) is 3.17. The summed E-state index contributed by atoms with van der Waals surface area (Å²) in [7, 11) is 1.66. The van der Waals surface area contributed by atoms with Crippen molar-refractivity contribution in [1.82, 2.24) is 5.32 Å². The van der Waals surface area contributed by atoms with Crippen LogP contribution in [0, 0.1) is 5.92 Å². The number of ether oxygens (including phenoxy) is 1. The van der Waals surface area contributed by atoms with Gasteiger partial charge in [0.05, 0.1) is 7.11 Å². The van der Waals surface area contributed by atoms with E-state index in [4.69, 9.17) is 4.74 Å². The van der Waals surface area contributed by atoms with Crippen molar-refractivity contribution in [2.24, 2.45) is 5.92 Å². The molecule has 2 rings (SSSR count). The Hall–Kier alpha value is -1.51. The Kier molecular flexibility index (Phi) is 3.33. The van der Waals surface area contributed by atoms with Crippen LogP contribution < -0.4 is 10.1 Å². The summed E-state index contributed by atoms with van der Waals surface area (Å²) in [5.41, 5.74) is 1.08. The third kappa shape index (κ3) is 3.03. The van der Waals surface area contributed by atoms with E-state index in [1.54, 1.807) is 7.11 Å². The minimum atomic E-state index is -0.149. The van der Waals surface area contributed by atoms with Crippen molar-refractivity contribution in [2.75, 3.05) is 7.11 Å². The van der Waals surface area contributed by atoms with Crippen LogP contribution in [-0.4, -0.2) is 18.6 Å². The largest absolute Gasteiger partial charge is 0.497 e. The molecule has 1 aromatic rings. The normalized spacial score (nSPS) is 22.4. The van der Waals surface area contributed by atoms with E-state index in [1.165, 1.54) is 5.56 Å². The molecule has 2 unspecified atom stereocenters. The first-order valence-corrected chi connectivity index (χ1v) is 6.37. The zero-order chi connectivity index (χ0) is 13.3. The van der Waals surface area contributed by atoms with Gasteiger partial charge in [-0.15, -0.1) is 0 Å². The molecule has 98 valence electrons. The topological polar surface area (TPSA) is 38.3 Å². The van der Waals surface area contributed by atoms with Crippen molar-refractivity contribution < 1.29 is 9.53 Å². The molecule has 1 saturated carbocycles.